The zero-order valence-electron chi connectivity index (χ0n) is 6.99. The van der Waals surface area contributed by atoms with Crippen LogP contribution < -0.4 is 5.73 Å². The molecular formula is C10H13NS. The van der Waals surface area contributed by atoms with Gasteiger partial charge in [0, 0.05) is 24.0 Å². The molecule has 0 amide bonds. The van der Waals surface area contributed by atoms with Gasteiger partial charge in [0.25, 0.3) is 0 Å². The van der Waals surface area contributed by atoms with E-state index in [9.17, 15) is 0 Å². The van der Waals surface area contributed by atoms with E-state index in [1.54, 1.807) is 0 Å². The van der Waals surface area contributed by atoms with Crippen LogP contribution in [0.4, 0.5) is 0 Å². The van der Waals surface area contributed by atoms with E-state index in [2.05, 4.69) is 24.3 Å². The first-order valence-corrected chi connectivity index (χ1v) is 5.42. The summed E-state index contributed by atoms with van der Waals surface area (Å²) >= 11 is 2.03. The van der Waals surface area contributed by atoms with Gasteiger partial charge in [-0.05, 0) is 11.1 Å². The first-order valence-electron chi connectivity index (χ1n) is 4.27. The summed E-state index contributed by atoms with van der Waals surface area (Å²) in [6.45, 7) is 0.652. The Kier molecular flexibility index (Phi) is 2.38. The Balaban J connectivity index is 2.13. The second kappa shape index (κ2) is 3.50. The van der Waals surface area contributed by atoms with Gasteiger partial charge in [-0.2, -0.15) is 11.8 Å². The fourth-order valence-electron chi connectivity index (χ4n) is 1.35. The summed E-state index contributed by atoms with van der Waals surface area (Å²) in [6, 6.07) is 8.70. The van der Waals surface area contributed by atoms with Gasteiger partial charge in [-0.25, -0.2) is 0 Å². The average molecular weight is 179 g/mol. The molecule has 2 rings (SSSR count). The Bertz CT molecular complexity index is 251. The molecule has 1 aliphatic rings. The lowest BCUT2D eigenvalue weighted by Gasteiger charge is -2.25. The van der Waals surface area contributed by atoms with E-state index in [-0.39, 0.29) is 0 Å². The van der Waals surface area contributed by atoms with Crippen LogP contribution in [0, 0.1) is 0 Å². The molecule has 0 aromatic heterocycles. The zero-order valence-corrected chi connectivity index (χ0v) is 7.81. The highest BCUT2D eigenvalue weighted by Gasteiger charge is 2.19. The van der Waals surface area contributed by atoms with Crippen molar-refractivity contribution < 1.29 is 0 Å². The first kappa shape index (κ1) is 8.14. The number of rotatable bonds is 2. The number of thioether (sulfide) groups is 1. The summed E-state index contributed by atoms with van der Waals surface area (Å²) in [5.41, 5.74) is 8.22. The molecule has 1 aromatic rings. The number of hydrogen-bond acceptors (Lipinski definition) is 2. The molecule has 0 saturated carbocycles. The minimum absolute atomic E-state index is 0.652. The molecule has 0 bridgehead atoms. The Morgan fingerprint density at radius 3 is 2.33 bits per heavy atom. The Morgan fingerprint density at radius 2 is 1.92 bits per heavy atom. The lowest BCUT2D eigenvalue weighted by Crippen LogP contribution is -2.15. The SMILES string of the molecule is NCc1ccc(C2CSC2)cc1. The molecule has 1 aliphatic heterocycles. The molecule has 0 unspecified atom stereocenters. The van der Waals surface area contributed by atoms with Crippen molar-refractivity contribution in [2.75, 3.05) is 11.5 Å². The maximum atomic E-state index is 5.52. The second-order valence-electron chi connectivity index (χ2n) is 3.18. The Morgan fingerprint density at radius 1 is 1.25 bits per heavy atom. The van der Waals surface area contributed by atoms with Crippen molar-refractivity contribution in [3.63, 3.8) is 0 Å². The van der Waals surface area contributed by atoms with E-state index >= 15 is 0 Å². The van der Waals surface area contributed by atoms with Crippen molar-refractivity contribution in [2.45, 2.75) is 12.5 Å². The molecule has 0 radical (unpaired) electrons. The standard InChI is InChI=1S/C10H13NS/c11-5-8-1-3-9(4-2-8)10-6-12-7-10/h1-4,10H,5-7,11H2. The molecule has 1 fully saturated rings. The minimum Gasteiger partial charge on any atom is -0.326 e. The summed E-state index contributed by atoms with van der Waals surface area (Å²) in [5.74, 6) is 3.39. The molecule has 1 aromatic carbocycles. The molecule has 1 nitrogen and oxygen atoms in total. The minimum atomic E-state index is 0.652. The topological polar surface area (TPSA) is 26.0 Å². The molecule has 12 heavy (non-hydrogen) atoms. The molecular weight excluding hydrogens is 166 g/mol. The molecule has 0 atom stereocenters. The van der Waals surface area contributed by atoms with Crippen molar-refractivity contribution in [1.29, 1.82) is 0 Å². The highest BCUT2D eigenvalue weighted by molar-refractivity contribution is 8.00. The molecule has 1 heterocycles. The fourth-order valence-corrected chi connectivity index (χ4v) is 2.21. The van der Waals surface area contributed by atoms with Crippen molar-refractivity contribution in [2.24, 2.45) is 5.73 Å². The molecule has 2 heteroatoms. The van der Waals surface area contributed by atoms with Gasteiger partial charge in [0.2, 0.25) is 0 Å². The van der Waals surface area contributed by atoms with Crippen LogP contribution in [0.1, 0.15) is 17.0 Å². The monoisotopic (exact) mass is 179 g/mol. The Hall–Kier alpha value is -0.470. The summed E-state index contributed by atoms with van der Waals surface area (Å²) in [4.78, 5) is 0. The van der Waals surface area contributed by atoms with Crippen LogP contribution in [0.3, 0.4) is 0 Å². The van der Waals surface area contributed by atoms with Gasteiger partial charge in [-0.3, -0.25) is 0 Å². The van der Waals surface area contributed by atoms with E-state index in [0.29, 0.717) is 6.54 Å². The maximum Gasteiger partial charge on any atom is 0.0178 e. The largest absolute Gasteiger partial charge is 0.326 e. The Labute approximate surface area is 77.3 Å². The highest BCUT2D eigenvalue weighted by atomic mass is 32.2. The van der Waals surface area contributed by atoms with E-state index in [1.807, 2.05) is 11.8 Å². The van der Waals surface area contributed by atoms with Crippen LogP contribution in [-0.4, -0.2) is 11.5 Å². The summed E-state index contributed by atoms with van der Waals surface area (Å²) in [5, 5.41) is 0. The third-order valence-electron chi connectivity index (χ3n) is 2.32. The summed E-state index contributed by atoms with van der Waals surface area (Å²) in [7, 11) is 0. The molecule has 1 saturated heterocycles. The number of benzene rings is 1. The number of nitrogens with two attached hydrogens (primary N) is 1. The van der Waals surface area contributed by atoms with Crippen LogP contribution in [0.2, 0.25) is 0 Å². The lowest BCUT2D eigenvalue weighted by atomic mass is 10.0. The maximum absolute atomic E-state index is 5.52. The van der Waals surface area contributed by atoms with Crippen LogP contribution in [0.15, 0.2) is 24.3 Å². The van der Waals surface area contributed by atoms with Crippen LogP contribution in [-0.2, 0) is 6.54 Å². The van der Waals surface area contributed by atoms with Gasteiger partial charge in [-0.15, -0.1) is 0 Å². The second-order valence-corrected chi connectivity index (χ2v) is 4.26. The van der Waals surface area contributed by atoms with Crippen molar-refractivity contribution >= 4 is 11.8 Å². The van der Waals surface area contributed by atoms with Gasteiger partial charge < -0.3 is 5.73 Å². The predicted molar refractivity (Wildman–Crippen MR) is 54.4 cm³/mol. The third-order valence-corrected chi connectivity index (χ3v) is 3.60. The molecule has 0 spiro atoms. The van der Waals surface area contributed by atoms with Crippen LogP contribution >= 0.6 is 11.8 Å². The van der Waals surface area contributed by atoms with Gasteiger partial charge >= 0.3 is 0 Å². The van der Waals surface area contributed by atoms with Crippen molar-refractivity contribution in [1.82, 2.24) is 0 Å². The molecule has 0 aliphatic carbocycles. The fraction of sp³-hybridized carbons (Fsp3) is 0.400. The molecule has 2 N–H and O–H groups in total. The van der Waals surface area contributed by atoms with E-state index in [4.69, 9.17) is 5.73 Å². The normalized spacial score (nSPS) is 17.4. The van der Waals surface area contributed by atoms with E-state index in [0.717, 1.165) is 5.92 Å². The molecule has 64 valence electrons. The highest BCUT2D eigenvalue weighted by Crippen LogP contribution is 2.33. The quantitative estimate of drug-likeness (QED) is 0.751. The van der Waals surface area contributed by atoms with Crippen LogP contribution in [0.25, 0.3) is 0 Å². The van der Waals surface area contributed by atoms with Crippen molar-refractivity contribution in [3.05, 3.63) is 35.4 Å². The van der Waals surface area contributed by atoms with Gasteiger partial charge in [0.15, 0.2) is 0 Å². The van der Waals surface area contributed by atoms with Gasteiger partial charge in [-0.1, -0.05) is 24.3 Å². The summed E-state index contributed by atoms with van der Waals surface area (Å²) < 4.78 is 0. The van der Waals surface area contributed by atoms with E-state index < -0.39 is 0 Å². The zero-order chi connectivity index (χ0) is 8.39. The smallest absolute Gasteiger partial charge is 0.0178 e. The number of hydrogen-bond donors (Lipinski definition) is 1. The average Bonchev–Trinajstić information content (AvgIpc) is 2.03. The predicted octanol–water partition coefficient (Wildman–Crippen LogP) is 1.98. The van der Waals surface area contributed by atoms with Crippen molar-refractivity contribution in [3.8, 4) is 0 Å². The third kappa shape index (κ3) is 1.50. The lowest BCUT2D eigenvalue weighted by molar-refractivity contribution is 0.848. The van der Waals surface area contributed by atoms with Gasteiger partial charge in [0.1, 0.15) is 0 Å². The van der Waals surface area contributed by atoms with E-state index in [1.165, 1.54) is 22.6 Å². The summed E-state index contributed by atoms with van der Waals surface area (Å²) in [6.07, 6.45) is 0. The first-order chi connectivity index (χ1) is 5.90. The van der Waals surface area contributed by atoms with Crippen LogP contribution in [0.5, 0.6) is 0 Å². The van der Waals surface area contributed by atoms with Gasteiger partial charge in [0.05, 0.1) is 0 Å².